The molecule has 0 radical (unpaired) electrons. The molecule has 4 nitrogen and oxygen atoms in total. The molecule has 2 aromatic carbocycles. The molecular formula is C16H20ClFN2O2S. The third-order valence-corrected chi connectivity index (χ3v) is 5.14. The molecule has 0 aliphatic carbocycles. The number of nitrogens with one attached hydrogen (secondary N) is 1. The Morgan fingerprint density at radius 1 is 1.13 bits per heavy atom. The summed E-state index contributed by atoms with van der Waals surface area (Å²) in [6.45, 7) is 3.21. The van der Waals surface area contributed by atoms with E-state index in [2.05, 4.69) is 4.72 Å². The minimum atomic E-state index is -3.74. The maximum absolute atomic E-state index is 13.3. The normalized spacial score (nSPS) is 12.5. The van der Waals surface area contributed by atoms with Gasteiger partial charge in [-0.1, -0.05) is 30.3 Å². The van der Waals surface area contributed by atoms with Crippen molar-refractivity contribution >= 4 is 22.4 Å². The molecule has 2 aromatic rings. The van der Waals surface area contributed by atoms with E-state index in [1.807, 2.05) is 30.3 Å². The maximum atomic E-state index is 13.3. The van der Waals surface area contributed by atoms with Crippen LogP contribution in [0.1, 0.15) is 22.7 Å². The molecule has 126 valence electrons. The molecule has 1 unspecified atom stereocenters. The minimum Gasteiger partial charge on any atom is -0.323 e. The third-order valence-electron chi connectivity index (χ3n) is 3.41. The quantitative estimate of drug-likeness (QED) is 0.863. The molecule has 0 spiro atoms. The standard InChI is InChI=1S/C16H19FN2O2S.ClH/c1-11-8-14(17)9-12(2)16(11)22(20,21)19-10-15(18)13-6-4-3-5-7-13;/h3-9,15,19H,10,18H2,1-2H3;1H. The molecule has 1 atom stereocenters. The molecule has 0 fully saturated rings. The summed E-state index contributed by atoms with van der Waals surface area (Å²) >= 11 is 0. The molecule has 3 N–H and O–H groups in total. The molecular weight excluding hydrogens is 339 g/mol. The highest BCUT2D eigenvalue weighted by Crippen LogP contribution is 2.21. The molecule has 0 saturated heterocycles. The van der Waals surface area contributed by atoms with Crippen LogP contribution in [0.4, 0.5) is 4.39 Å². The van der Waals surface area contributed by atoms with E-state index in [1.165, 1.54) is 12.1 Å². The van der Waals surface area contributed by atoms with Crippen LogP contribution >= 0.6 is 12.4 Å². The van der Waals surface area contributed by atoms with E-state index in [9.17, 15) is 12.8 Å². The van der Waals surface area contributed by atoms with Gasteiger partial charge in [-0.25, -0.2) is 17.5 Å². The number of halogens is 2. The second kappa shape index (κ2) is 7.88. The van der Waals surface area contributed by atoms with Crippen molar-refractivity contribution in [3.05, 3.63) is 65.0 Å². The summed E-state index contributed by atoms with van der Waals surface area (Å²) in [5.41, 5.74) is 7.59. The largest absolute Gasteiger partial charge is 0.323 e. The van der Waals surface area contributed by atoms with E-state index < -0.39 is 21.9 Å². The van der Waals surface area contributed by atoms with Crippen molar-refractivity contribution in [3.8, 4) is 0 Å². The second-order valence-electron chi connectivity index (χ2n) is 5.24. The van der Waals surface area contributed by atoms with Crippen molar-refractivity contribution in [2.45, 2.75) is 24.8 Å². The lowest BCUT2D eigenvalue weighted by Gasteiger charge is -2.16. The van der Waals surface area contributed by atoms with Gasteiger partial charge in [-0.05, 0) is 42.7 Å². The summed E-state index contributed by atoms with van der Waals surface area (Å²) in [5.74, 6) is -0.449. The van der Waals surface area contributed by atoms with Crippen LogP contribution in [-0.4, -0.2) is 15.0 Å². The maximum Gasteiger partial charge on any atom is 0.241 e. The first kappa shape index (κ1) is 19.6. The Morgan fingerprint density at radius 3 is 2.17 bits per heavy atom. The van der Waals surface area contributed by atoms with E-state index in [-0.39, 0.29) is 23.8 Å². The zero-order valence-electron chi connectivity index (χ0n) is 12.9. The number of nitrogens with two attached hydrogens (primary N) is 1. The van der Waals surface area contributed by atoms with E-state index in [4.69, 9.17) is 5.73 Å². The van der Waals surface area contributed by atoms with Crippen molar-refractivity contribution < 1.29 is 12.8 Å². The molecule has 7 heteroatoms. The van der Waals surface area contributed by atoms with Gasteiger partial charge in [0, 0.05) is 12.6 Å². The fourth-order valence-electron chi connectivity index (χ4n) is 2.41. The Morgan fingerprint density at radius 2 is 1.65 bits per heavy atom. The van der Waals surface area contributed by atoms with Gasteiger partial charge in [-0.3, -0.25) is 0 Å². The topological polar surface area (TPSA) is 72.2 Å². The lowest BCUT2D eigenvalue weighted by atomic mass is 10.1. The Bertz CT molecular complexity index is 744. The second-order valence-corrected chi connectivity index (χ2v) is 6.94. The highest BCUT2D eigenvalue weighted by Gasteiger charge is 2.21. The van der Waals surface area contributed by atoms with Crippen molar-refractivity contribution in [1.29, 1.82) is 0 Å². The molecule has 23 heavy (non-hydrogen) atoms. The Hall–Kier alpha value is -1.47. The van der Waals surface area contributed by atoms with Gasteiger partial charge in [-0.2, -0.15) is 0 Å². The van der Waals surface area contributed by atoms with Gasteiger partial charge in [0.05, 0.1) is 4.90 Å². The summed E-state index contributed by atoms with van der Waals surface area (Å²) in [6, 6.07) is 11.2. The minimum absolute atomic E-state index is 0. The van der Waals surface area contributed by atoms with Gasteiger partial charge in [0.2, 0.25) is 10.0 Å². The first-order chi connectivity index (χ1) is 10.3. The van der Waals surface area contributed by atoms with Crippen LogP contribution in [-0.2, 0) is 10.0 Å². The van der Waals surface area contributed by atoms with E-state index in [0.29, 0.717) is 11.1 Å². The van der Waals surface area contributed by atoms with Crippen LogP contribution in [0.5, 0.6) is 0 Å². The van der Waals surface area contributed by atoms with Gasteiger partial charge in [-0.15, -0.1) is 12.4 Å². The molecule has 2 rings (SSSR count). The Kier molecular flexibility index (Phi) is 6.70. The average molecular weight is 359 g/mol. The molecule has 0 bridgehead atoms. The summed E-state index contributed by atoms with van der Waals surface area (Å²) < 4.78 is 40.7. The van der Waals surface area contributed by atoms with Crippen molar-refractivity contribution in [1.82, 2.24) is 4.72 Å². The summed E-state index contributed by atoms with van der Waals surface area (Å²) in [6.07, 6.45) is 0. The highest BCUT2D eigenvalue weighted by atomic mass is 35.5. The number of sulfonamides is 1. The Labute approximate surface area is 142 Å². The van der Waals surface area contributed by atoms with Gasteiger partial charge < -0.3 is 5.73 Å². The average Bonchev–Trinajstić information content (AvgIpc) is 2.44. The lowest BCUT2D eigenvalue weighted by Crippen LogP contribution is -2.32. The predicted molar refractivity (Wildman–Crippen MR) is 91.7 cm³/mol. The van der Waals surface area contributed by atoms with Crippen LogP contribution < -0.4 is 10.5 Å². The van der Waals surface area contributed by atoms with Crippen LogP contribution in [0.15, 0.2) is 47.4 Å². The van der Waals surface area contributed by atoms with Crippen molar-refractivity contribution in [2.75, 3.05) is 6.54 Å². The molecule has 0 amide bonds. The number of hydrogen-bond donors (Lipinski definition) is 2. The fourth-order valence-corrected chi connectivity index (χ4v) is 3.92. The SMILES string of the molecule is Cc1cc(F)cc(C)c1S(=O)(=O)NCC(N)c1ccccc1.Cl. The Balaban J connectivity index is 0.00000264. The zero-order chi connectivity index (χ0) is 16.3. The van der Waals surface area contributed by atoms with Crippen LogP contribution in [0.3, 0.4) is 0 Å². The third kappa shape index (κ3) is 4.75. The van der Waals surface area contributed by atoms with E-state index in [0.717, 1.165) is 5.56 Å². The zero-order valence-corrected chi connectivity index (χ0v) is 14.5. The monoisotopic (exact) mass is 358 g/mol. The first-order valence-electron chi connectivity index (χ1n) is 6.88. The number of aryl methyl sites for hydroxylation is 2. The van der Waals surface area contributed by atoms with Gasteiger partial charge >= 0.3 is 0 Å². The van der Waals surface area contributed by atoms with Crippen LogP contribution in [0.2, 0.25) is 0 Å². The van der Waals surface area contributed by atoms with E-state index >= 15 is 0 Å². The van der Waals surface area contributed by atoms with Gasteiger partial charge in [0.15, 0.2) is 0 Å². The smallest absolute Gasteiger partial charge is 0.241 e. The molecule has 0 heterocycles. The number of benzene rings is 2. The summed E-state index contributed by atoms with van der Waals surface area (Å²) in [4.78, 5) is 0.106. The fraction of sp³-hybridized carbons (Fsp3) is 0.250. The molecule has 0 aliphatic heterocycles. The number of rotatable bonds is 5. The van der Waals surface area contributed by atoms with Crippen LogP contribution in [0, 0.1) is 19.7 Å². The number of hydrogen-bond acceptors (Lipinski definition) is 3. The molecule has 0 aromatic heterocycles. The van der Waals surface area contributed by atoms with Gasteiger partial charge in [0.1, 0.15) is 5.82 Å². The van der Waals surface area contributed by atoms with Crippen LogP contribution in [0.25, 0.3) is 0 Å². The molecule has 0 aliphatic rings. The summed E-state index contributed by atoms with van der Waals surface area (Å²) in [7, 11) is -3.74. The highest BCUT2D eigenvalue weighted by molar-refractivity contribution is 7.89. The first-order valence-corrected chi connectivity index (χ1v) is 8.36. The summed E-state index contributed by atoms with van der Waals surface area (Å²) in [5, 5.41) is 0. The predicted octanol–water partition coefficient (Wildman–Crippen LogP) is 2.84. The van der Waals surface area contributed by atoms with E-state index in [1.54, 1.807) is 13.8 Å². The van der Waals surface area contributed by atoms with Gasteiger partial charge in [0.25, 0.3) is 0 Å². The molecule has 0 saturated carbocycles. The lowest BCUT2D eigenvalue weighted by molar-refractivity contribution is 0.570. The van der Waals surface area contributed by atoms with Crippen molar-refractivity contribution in [3.63, 3.8) is 0 Å². The van der Waals surface area contributed by atoms with Crippen molar-refractivity contribution in [2.24, 2.45) is 5.73 Å².